The second-order valence-electron chi connectivity index (χ2n) is 4.90. The molecule has 0 aliphatic heterocycles. The molecule has 2 aromatic rings. The Balaban J connectivity index is 2.51. The molecule has 0 amide bonds. The second-order valence-corrected chi connectivity index (χ2v) is 4.90. The first-order chi connectivity index (χ1) is 9.11. The lowest BCUT2D eigenvalue weighted by Crippen LogP contribution is -2.12. The van der Waals surface area contributed by atoms with E-state index in [0.717, 1.165) is 17.7 Å². The van der Waals surface area contributed by atoms with Gasteiger partial charge in [-0.2, -0.15) is 0 Å². The largest absolute Gasteiger partial charge is 0.313 e. The Morgan fingerprint density at radius 1 is 1.00 bits per heavy atom. The summed E-state index contributed by atoms with van der Waals surface area (Å²) >= 11 is 0. The molecular formula is C17H20FN. The van der Waals surface area contributed by atoms with Crippen LogP contribution in [0.2, 0.25) is 0 Å². The number of nitrogens with one attached hydrogen (secondary N) is 1. The van der Waals surface area contributed by atoms with Gasteiger partial charge in [-0.3, -0.25) is 0 Å². The molecule has 2 aromatic carbocycles. The fourth-order valence-electron chi connectivity index (χ4n) is 2.26. The molecule has 0 fully saturated rings. The van der Waals surface area contributed by atoms with Crippen LogP contribution in [0.1, 0.15) is 23.6 Å². The summed E-state index contributed by atoms with van der Waals surface area (Å²) in [4.78, 5) is 0. The molecule has 0 aliphatic rings. The Morgan fingerprint density at radius 3 is 2.53 bits per heavy atom. The summed E-state index contributed by atoms with van der Waals surface area (Å²) in [5.74, 6) is -0.179. The highest BCUT2D eigenvalue weighted by Gasteiger charge is 2.09. The molecule has 0 aromatic heterocycles. The van der Waals surface area contributed by atoms with Gasteiger partial charge in [-0.15, -0.1) is 0 Å². The van der Waals surface area contributed by atoms with Crippen LogP contribution in [0.15, 0.2) is 36.4 Å². The maximum Gasteiger partial charge on any atom is 0.123 e. The van der Waals surface area contributed by atoms with E-state index in [2.05, 4.69) is 44.3 Å². The average Bonchev–Trinajstić information content (AvgIpc) is 2.39. The Morgan fingerprint density at radius 2 is 1.79 bits per heavy atom. The van der Waals surface area contributed by atoms with Gasteiger partial charge in [0.25, 0.3) is 0 Å². The van der Waals surface area contributed by atoms with Gasteiger partial charge >= 0.3 is 0 Å². The summed E-state index contributed by atoms with van der Waals surface area (Å²) in [6.45, 7) is 7.79. The summed E-state index contributed by atoms with van der Waals surface area (Å²) in [5.41, 5.74) is 5.75. The first-order valence-corrected chi connectivity index (χ1v) is 6.68. The van der Waals surface area contributed by atoms with Gasteiger partial charge in [0, 0.05) is 6.54 Å². The number of aryl methyl sites for hydroxylation is 2. The minimum Gasteiger partial charge on any atom is -0.313 e. The zero-order valence-corrected chi connectivity index (χ0v) is 11.8. The van der Waals surface area contributed by atoms with Crippen molar-refractivity contribution in [3.63, 3.8) is 0 Å². The summed E-state index contributed by atoms with van der Waals surface area (Å²) < 4.78 is 13.4. The van der Waals surface area contributed by atoms with Crippen molar-refractivity contribution in [1.29, 1.82) is 0 Å². The minimum atomic E-state index is -0.179. The highest BCUT2D eigenvalue weighted by atomic mass is 19.1. The molecule has 0 bridgehead atoms. The standard InChI is InChI=1S/C17H20FN/c1-4-19-11-14-10-15(18)7-8-16(14)17-9-12(2)5-6-13(17)3/h5-10,19H,4,11H2,1-3H3. The van der Waals surface area contributed by atoms with Gasteiger partial charge in [0.15, 0.2) is 0 Å². The van der Waals surface area contributed by atoms with Crippen molar-refractivity contribution < 1.29 is 4.39 Å². The summed E-state index contributed by atoms with van der Waals surface area (Å²) in [7, 11) is 0. The van der Waals surface area contributed by atoms with Crippen LogP contribution in [0.4, 0.5) is 4.39 Å². The van der Waals surface area contributed by atoms with Crippen LogP contribution >= 0.6 is 0 Å². The third-order valence-electron chi connectivity index (χ3n) is 3.32. The fourth-order valence-corrected chi connectivity index (χ4v) is 2.26. The molecule has 0 saturated carbocycles. The molecule has 1 N–H and O–H groups in total. The number of benzene rings is 2. The molecule has 0 radical (unpaired) electrons. The van der Waals surface area contributed by atoms with Crippen LogP contribution in [0.25, 0.3) is 11.1 Å². The monoisotopic (exact) mass is 257 g/mol. The number of halogens is 1. The van der Waals surface area contributed by atoms with Crippen molar-refractivity contribution in [3.8, 4) is 11.1 Å². The zero-order valence-electron chi connectivity index (χ0n) is 11.8. The van der Waals surface area contributed by atoms with E-state index in [1.165, 1.54) is 22.8 Å². The summed E-state index contributed by atoms with van der Waals surface area (Å²) in [6, 6.07) is 11.4. The molecule has 1 nitrogen and oxygen atoms in total. The van der Waals surface area contributed by atoms with Crippen LogP contribution in [-0.4, -0.2) is 6.54 Å². The van der Waals surface area contributed by atoms with Crippen LogP contribution in [0.5, 0.6) is 0 Å². The van der Waals surface area contributed by atoms with Crippen LogP contribution in [0.3, 0.4) is 0 Å². The molecule has 0 atom stereocenters. The van der Waals surface area contributed by atoms with Crippen molar-refractivity contribution in [2.24, 2.45) is 0 Å². The maximum absolute atomic E-state index is 13.4. The molecule has 2 rings (SSSR count). The first kappa shape index (κ1) is 13.8. The average molecular weight is 257 g/mol. The van der Waals surface area contributed by atoms with Crippen molar-refractivity contribution in [3.05, 3.63) is 58.9 Å². The van der Waals surface area contributed by atoms with Gasteiger partial charge in [-0.05, 0) is 54.8 Å². The van der Waals surface area contributed by atoms with E-state index in [0.29, 0.717) is 6.54 Å². The highest BCUT2D eigenvalue weighted by Crippen LogP contribution is 2.28. The van der Waals surface area contributed by atoms with Crippen LogP contribution in [0, 0.1) is 19.7 Å². The SMILES string of the molecule is CCNCc1cc(F)ccc1-c1cc(C)ccc1C. The van der Waals surface area contributed by atoms with E-state index >= 15 is 0 Å². The lowest BCUT2D eigenvalue weighted by Gasteiger charge is -2.13. The number of rotatable bonds is 4. The van der Waals surface area contributed by atoms with Crippen molar-refractivity contribution in [1.82, 2.24) is 5.32 Å². The Kier molecular flexibility index (Phi) is 4.33. The predicted molar refractivity (Wildman–Crippen MR) is 78.7 cm³/mol. The molecule has 0 aliphatic carbocycles. The summed E-state index contributed by atoms with van der Waals surface area (Å²) in [5, 5.41) is 3.27. The van der Waals surface area contributed by atoms with E-state index < -0.39 is 0 Å². The third-order valence-corrected chi connectivity index (χ3v) is 3.32. The molecular weight excluding hydrogens is 237 g/mol. The van der Waals surface area contributed by atoms with E-state index in [-0.39, 0.29) is 5.82 Å². The van der Waals surface area contributed by atoms with Gasteiger partial charge < -0.3 is 5.32 Å². The molecule has 0 heterocycles. The summed E-state index contributed by atoms with van der Waals surface area (Å²) in [6.07, 6.45) is 0. The number of hydrogen-bond acceptors (Lipinski definition) is 1. The molecule has 0 unspecified atom stereocenters. The van der Waals surface area contributed by atoms with Gasteiger partial charge in [0.2, 0.25) is 0 Å². The van der Waals surface area contributed by atoms with Gasteiger partial charge in [-0.25, -0.2) is 4.39 Å². The quantitative estimate of drug-likeness (QED) is 0.864. The van der Waals surface area contributed by atoms with E-state index in [1.54, 1.807) is 6.07 Å². The molecule has 100 valence electrons. The minimum absolute atomic E-state index is 0.179. The van der Waals surface area contributed by atoms with Crippen LogP contribution in [-0.2, 0) is 6.54 Å². The maximum atomic E-state index is 13.4. The Bertz CT molecular complexity index is 575. The van der Waals surface area contributed by atoms with Crippen molar-refractivity contribution in [2.45, 2.75) is 27.3 Å². The lowest BCUT2D eigenvalue weighted by molar-refractivity contribution is 0.622. The Hall–Kier alpha value is -1.67. The fraction of sp³-hybridized carbons (Fsp3) is 0.294. The third kappa shape index (κ3) is 3.21. The number of hydrogen-bond donors (Lipinski definition) is 1. The van der Waals surface area contributed by atoms with Gasteiger partial charge in [0.1, 0.15) is 5.82 Å². The highest BCUT2D eigenvalue weighted by molar-refractivity contribution is 5.71. The molecule has 0 saturated heterocycles. The van der Waals surface area contributed by atoms with Gasteiger partial charge in [-0.1, -0.05) is 36.8 Å². The molecule has 2 heteroatoms. The van der Waals surface area contributed by atoms with E-state index in [4.69, 9.17) is 0 Å². The lowest BCUT2D eigenvalue weighted by atomic mass is 9.94. The second kappa shape index (κ2) is 5.98. The van der Waals surface area contributed by atoms with Crippen LogP contribution < -0.4 is 5.32 Å². The van der Waals surface area contributed by atoms with E-state index in [1.807, 2.05) is 6.07 Å². The van der Waals surface area contributed by atoms with Gasteiger partial charge in [0.05, 0.1) is 0 Å². The normalized spacial score (nSPS) is 10.7. The zero-order chi connectivity index (χ0) is 13.8. The molecule has 0 spiro atoms. The Labute approximate surface area is 114 Å². The molecule has 19 heavy (non-hydrogen) atoms. The van der Waals surface area contributed by atoms with Crippen molar-refractivity contribution in [2.75, 3.05) is 6.54 Å². The van der Waals surface area contributed by atoms with E-state index in [9.17, 15) is 4.39 Å². The predicted octanol–water partition coefficient (Wildman–Crippen LogP) is 4.22. The smallest absolute Gasteiger partial charge is 0.123 e. The van der Waals surface area contributed by atoms with Crippen molar-refractivity contribution >= 4 is 0 Å². The first-order valence-electron chi connectivity index (χ1n) is 6.68. The topological polar surface area (TPSA) is 12.0 Å².